The lowest BCUT2D eigenvalue weighted by Gasteiger charge is -2.34. The molecular formula is C28H41BN4O9S2. The molecule has 16 heteroatoms. The molecule has 242 valence electrons. The molecule has 0 spiro atoms. The van der Waals surface area contributed by atoms with Crippen LogP contribution in [0.5, 0.6) is 0 Å². The van der Waals surface area contributed by atoms with Gasteiger partial charge in [0.25, 0.3) is 16.0 Å². The van der Waals surface area contributed by atoms with Gasteiger partial charge in [0.05, 0.1) is 9.79 Å². The van der Waals surface area contributed by atoms with Crippen LogP contribution in [0.3, 0.4) is 0 Å². The maximum Gasteiger partial charge on any atom is 0.479 e. The van der Waals surface area contributed by atoms with Gasteiger partial charge in [-0.1, -0.05) is 55.7 Å². The zero-order valence-corrected chi connectivity index (χ0v) is 26.1. The number of rotatable bonds is 12. The average Bonchev–Trinajstić information content (AvgIpc) is 3.53. The summed E-state index contributed by atoms with van der Waals surface area (Å²) in [5, 5.41) is 12.9. The molecule has 13 nitrogen and oxygen atoms in total. The van der Waals surface area contributed by atoms with Crippen molar-refractivity contribution in [2.24, 2.45) is 11.1 Å². The van der Waals surface area contributed by atoms with Gasteiger partial charge in [0.2, 0.25) is 15.9 Å². The first-order chi connectivity index (χ1) is 20.9. The summed E-state index contributed by atoms with van der Waals surface area (Å²) in [6, 6.07) is 15.5. The number of sulfonamides is 1. The van der Waals surface area contributed by atoms with Crippen molar-refractivity contribution in [3.05, 3.63) is 60.7 Å². The Balaban J connectivity index is 0.000000448. The summed E-state index contributed by atoms with van der Waals surface area (Å²) in [6.45, 7) is 1.10. The first-order valence-electron chi connectivity index (χ1n) is 14.6. The summed E-state index contributed by atoms with van der Waals surface area (Å²) < 4.78 is 61.4. The van der Waals surface area contributed by atoms with Crippen LogP contribution in [0.25, 0.3) is 0 Å². The number of hydroxylamine groups is 1. The molecule has 2 aromatic carbocycles. The normalized spacial score (nSPS) is 17.2. The van der Waals surface area contributed by atoms with Crippen molar-refractivity contribution < 1.29 is 40.8 Å². The standard InChI is InChI=1S/C22H35BN4O6S.C6H6O3S/c24-15-7-6-14-23(30)33-26-21(29)22(12-4-5-13-22)20(28)25-18-10-16-27(17-11-18)34(31,32)19-8-2-1-3-9-19;7-10(8,9)6-4-2-1-3-5-6/h1-3,8-9,18,30H,4-7,10-17,24H2,(H,25,28)(H,26,29);1-5H,(H,7,8,9). The number of carbonyl (C=O) groups excluding carboxylic acids is 2. The van der Waals surface area contributed by atoms with Crippen molar-refractivity contribution >= 4 is 39.1 Å². The Morgan fingerprint density at radius 2 is 1.45 bits per heavy atom. The molecule has 6 N–H and O–H groups in total. The molecule has 0 bridgehead atoms. The number of nitrogens with zero attached hydrogens (tertiary/aromatic N) is 1. The van der Waals surface area contributed by atoms with E-state index < -0.39 is 38.6 Å². The topological polar surface area (TPSA) is 205 Å². The highest BCUT2D eigenvalue weighted by molar-refractivity contribution is 7.89. The van der Waals surface area contributed by atoms with Crippen LogP contribution in [-0.4, -0.2) is 75.3 Å². The van der Waals surface area contributed by atoms with Gasteiger partial charge in [-0.3, -0.25) is 18.9 Å². The van der Waals surface area contributed by atoms with Gasteiger partial charge in [-0.2, -0.15) is 12.7 Å². The van der Waals surface area contributed by atoms with E-state index >= 15 is 0 Å². The van der Waals surface area contributed by atoms with Gasteiger partial charge in [-0.25, -0.2) is 13.9 Å². The predicted molar refractivity (Wildman–Crippen MR) is 164 cm³/mol. The zero-order valence-electron chi connectivity index (χ0n) is 24.5. The Morgan fingerprint density at radius 3 is 1.95 bits per heavy atom. The Labute approximate surface area is 259 Å². The number of amides is 2. The Morgan fingerprint density at radius 1 is 0.909 bits per heavy atom. The lowest BCUT2D eigenvalue weighted by atomic mass is 9.82. The minimum absolute atomic E-state index is 0.0741. The molecule has 2 aliphatic rings. The third-order valence-corrected chi connectivity index (χ3v) is 10.5. The number of unbranched alkanes of at least 4 members (excludes halogenated alkanes) is 1. The molecule has 0 unspecified atom stereocenters. The largest absolute Gasteiger partial charge is 0.479 e. The van der Waals surface area contributed by atoms with Crippen molar-refractivity contribution in [2.75, 3.05) is 19.6 Å². The maximum atomic E-state index is 13.2. The van der Waals surface area contributed by atoms with Gasteiger partial charge >= 0.3 is 7.12 Å². The van der Waals surface area contributed by atoms with E-state index in [4.69, 9.17) is 15.0 Å². The molecule has 1 saturated carbocycles. The lowest BCUT2D eigenvalue weighted by molar-refractivity contribution is -0.148. The molecule has 0 aromatic heterocycles. The molecule has 2 fully saturated rings. The van der Waals surface area contributed by atoms with Gasteiger partial charge < -0.3 is 16.1 Å². The van der Waals surface area contributed by atoms with Crippen molar-refractivity contribution in [3.63, 3.8) is 0 Å². The summed E-state index contributed by atoms with van der Waals surface area (Å²) in [5.74, 6) is -0.919. The first-order valence-corrected chi connectivity index (χ1v) is 17.5. The SMILES string of the molecule is NCCCCB(O)ONC(=O)C1(C(=O)NC2CCN(S(=O)(=O)c3ccccc3)CC2)CCCC1.O=S(=O)(O)c1ccccc1. The maximum absolute atomic E-state index is 13.2. The summed E-state index contributed by atoms with van der Waals surface area (Å²) >= 11 is 0. The Hall–Kier alpha value is -2.86. The van der Waals surface area contributed by atoms with Gasteiger partial charge in [0, 0.05) is 19.1 Å². The Kier molecular flexibility index (Phi) is 13.3. The van der Waals surface area contributed by atoms with Crippen LogP contribution in [0, 0.1) is 5.41 Å². The van der Waals surface area contributed by atoms with Crippen molar-refractivity contribution in [3.8, 4) is 0 Å². The van der Waals surface area contributed by atoms with Crippen LogP contribution in [-0.2, 0) is 34.5 Å². The van der Waals surface area contributed by atoms with E-state index in [0.29, 0.717) is 58.1 Å². The van der Waals surface area contributed by atoms with Crippen molar-refractivity contribution in [1.29, 1.82) is 0 Å². The molecule has 1 heterocycles. The smallest absolute Gasteiger partial charge is 0.426 e. The van der Waals surface area contributed by atoms with Crippen LogP contribution in [0.4, 0.5) is 0 Å². The van der Waals surface area contributed by atoms with Crippen LogP contribution in [0.2, 0.25) is 6.32 Å². The van der Waals surface area contributed by atoms with Crippen LogP contribution in [0.15, 0.2) is 70.5 Å². The number of carbonyl (C=O) groups is 2. The highest BCUT2D eigenvalue weighted by atomic mass is 32.2. The molecule has 44 heavy (non-hydrogen) atoms. The quantitative estimate of drug-likeness (QED) is 0.0738. The van der Waals surface area contributed by atoms with E-state index in [-0.39, 0.29) is 21.7 Å². The van der Waals surface area contributed by atoms with Crippen LogP contribution < -0.4 is 16.5 Å². The van der Waals surface area contributed by atoms with E-state index in [2.05, 4.69) is 10.8 Å². The number of benzene rings is 2. The van der Waals surface area contributed by atoms with Crippen LogP contribution >= 0.6 is 0 Å². The van der Waals surface area contributed by atoms with E-state index in [1.54, 1.807) is 48.5 Å². The third kappa shape index (κ3) is 9.82. The summed E-state index contributed by atoms with van der Waals surface area (Å²) in [5.41, 5.74) is 6.47. The monoisotopic (exact) mass is 652 g/mol. The summed E-state index contributed by atoms with van der Waals surface area (Å²) in [7, 11) is -8.73. The van der Waals surface area contributed by atoms with Gasteiger partial charge in [0.15, 0.2) is 0 Å². The lowest BCUT2D eigenvalue weighted by Crippen LogP contribution is -2.55. The highest BCUT2D eigenvalue weighted by Gasteiger charge is 2.49. The molecule has 4 rings (SSSR count). The fourth-order valence-corrected chi connectivity index (χ4v) is 7.17. The number of nitrogens with two attached hydrogens (primary N) is 1. The predicted octanol–water partition coefficient (Wildman–Crippen LogP) is 1.72. The number of hydrogen-bond donors (Lipinski definition) is 5. The molecule has 2 aromatic rings. The second kappa shape index (κ2) is 16.5. The minimum atomic E-state index is -4.00. The van der Waals surface area contributed by atoms with Crippen molar-refractivity contribution in [2.45, 2.75) is 73.5 Å². The van der Waals surface area contributed by atoms with Gasteiger partial charge in [0.1, 0.15) is 5.41 Å². The second-order valence-corrected chi connectivity index (χ2v) is 14.2. The molecule has 2 amide bonds. The average molecular weight is 653 g/mol. The number of hydrogen-bond acceptors (Lipinski definition) is 9. The molecule has 1 aliphatic heterocycles. The minimum Gasteiger partial charge on any atom is -0.426 e. The molecule has 0 radical (unpaired) electrons. The van der Waals surface area contributed by atoms with Gasteiger partial charge in [-0.15, -0.1) is 0 Å². The molecular weight excluding hydrogens is 611 g/mol. The fourth-order valence-electron chi connectivity index (χ4n) is 5.18. The highest BCUT2D eigenvalue weighted by Crippen LogP contribution is 2.39. The van der Waals surface area contributed by atoms with E-state index in [1.807, 2.05) is 0 Å². The fraction of sp³-hybridized carbons (Fsp3) is 0.500. The number of nitrogens with one attached hydrogen (secondary N) is 2. The summed E-state index contributed by atoms with van der Waals surface area (Å²) in [4.78, 5) is 26.3. The van der Waals surface area contributed by atoms with Crippen molar-refractivity contribution in [1.82, 2.24) is 15.1 Å². The van der Waals surface area contributed by atoms with E-state index in [0.717, 1.165) is 19.3 Å². The van der Waals surface area contributed by atoms with Crippen LogP contribution in [0.1, 0.15) is 51.4 Å². The molecule has 1 aliphatic carbocycles. The third-order valence-electron chi connectivity index (χ3n) is 7.73. The number of piperidine rings is 1. The van der Waals surface area contributed by atoms with E-state index in [1.165, 1.54) is 16.4 Å². The zero-order chi connectivity index (χ0) is 32.2. The van der Waals surface area contributed by atoms with E-state index in [9.17, 15) is 31.4 Å². The second-order valence-electron chi connectivity index (χ2n) is 10.8. The Bertz CT molecular complexity index is 1420. The first kappa shape index (κ1) is 35.6. The summed E-state index contributed by atoms with van der Waals surface area (Å²) in [6.07, 6.45) is 4.96. The molecule has 1 saturated heterocycles. The molecule has 0 atom stereocenters. The van der Waals surface area contributed by atoms with Gasteiger partial charge in [-0.05, 0) is 69.2 Å².